The van der Waals surface area contributed by atoms with Crippen LogP contribution in [0.25, 0.3) is 16.9 Å². The highest BCUT2D eigenvalue weighted by atomic mass is 19.4. The van der Waals surface area contributed by atoms with Crippen LogP contribution in [-0.2, 0) is 6.18 Å². The first-order valence-electron chi connectivity index (χ1n) is 9.78. The van der Waals surface area contributed by atoms with Gasteiger partial charge in [-0.3, -0.25) is 4.79 Å². The normalized spacial score (nSPS) is 11.5. The predicted molar refractivity (Wildman–Crippen MR) is 116 cm³/mol. The second-order valence-corrected chi connectivity index (χ2v) is 7.22. The van der Waals surface area contributed by atoms with Crippen molar-refractivity contribution in [3.05, 3.63) is 71.5 Å². The van der Waals surface area contributed by atoms with Gasteiger partial charge in [-0.2, -0.15) is 18.3 Å². The van der Waals surface area contributed by atoms with Crippen LogP contribution in [0.3, 0.4) is 0 Å². The fourth-order valence-corrected chi connectivity index (χ4v) is 3.35. The van der Waals surface area contributed by atoms with Crippen LogP contribution < -0.4 is 14.8 Å². The van der Waals surface area contributed by atoms with Crippen LogP contribution in [0.4, 0.5) is 18.9 Å². The number of fused-ring (bicyclic) bond motifs is 1. The van der Waals surface area contributed by atoms with Crippen molar-refractivity contribution in [1.29, 1.82) is 0 Å². The minimum Gasteiger partial charge on any atom is -0.493 e. The highest BCUT2D eigenvalue weighted by Crippen LogP contribution is 2.35. The topological polar surface area (TPSA) is 77.8 Å². The van der Waals surface area contributed by atoms with Gasteiger partial charge in [0.05, 0.1) is 19.9 Å². The van der Waals surface area contributed by atoms with Crippen LogP contribution in [0, 0.1) is 6.92 Å². The summed E-state index contributed by atoms with van der Waals surface area (Å²) in [5.41, 5.74) is 0.472. The zero-order valence-electron chi connectivity index (χ0n) is 17.9. The van der Waals surface area contributed by atoms with Gasteiger partial charge >= 0.3 is 6.18 Å². The Hall–Kier alpha value is -4.08. The zero-order chi connectivity index (χ0) is 23.8. The summed E-state index contributed by atoms with van der Waals surface area (Å²) in [5.74, 6) is 0.127. The number of aromatic nitrogens is 3. The van der Waals surface area contributed by atoms with Crippen LogP contribution in [0.15, 0.2) is 54.6 Å². The molecular formula is C23H19F3N4O3. The van der Waals surface area contributed by atoms with Crippen LogP contribution in [0.1, 0.15) is 21.7 Å². The summed E-state index contributed by atoms with van der Waals surface area (Å²) in [6, 6.07) is 13.8. The number of ether oxygens (including phenoxy) is 2. The molecule has 0 aliphatic heterocycles. The number of rotatable bonds is 5. The molecule has 0 fully saturated rings. The molecule has 170 valence electrons. The fourth-order valence-electron chi connectivity index (χ4n) is 3.35. The lowest BCUT2D eigenvalue weighted by Gasteiger charge is -2.12. The average Bonchev–Trinajstić information content (AvgIpc) is 3.21. The Balaban J connectivity index is 1.79. The quantitative estimate of drug-likeness (QED) is 0.458. The molecule has 1 amide bonds. The molecule has 0 aliphatic carbocycles. The molecule has 0 spiro atoms. The summed E-state index contributed by atoms with van der Waals surface area (Å²) in [4.78, 5) is 16.9. The SMILES string of the molecule is COc1ccc(-c2cc(C(F)(F)F)n3nc(C(=O)Nc4cccc(C)c4)cc3n2)cc1OC. The van der Waals surface area contributed by atoms with Crippen molar-refractivity contribution in [2.75, 3.05) is 19.5 Å². The van der Waals surface area contributed by atoms with Gasteiger partial charge in [0.25, 0.3) is 5.91 Å². The Morgan fingerprint density at radius 3 is 2.42 bits per heavy atom. The number of nitrogens with zero attached hydrogens (tertiary/aromatic N) is 3. The molecule has 0 unspecified atom stereocenters. The van der Waals surface area contributed by atoms with E-state index < -0.39 is 17.8 Å². The second-order valence-electron chi connectivity index (χ2n) is 7.22. The van der Waals surface area contributed by atoms with Crippen LogP contribution in [-0.4, -0.2) is 34.7 Å². The number of anilines is 1. The fraction of sp³-hybridized carbons (Fsp3) is 0.174. The lowest BCUT2D eigenvalue weighted by atomic mass is 10.1. The van der Waals surface area contributed by atoms with Gasteiger partial charge in [-0.15, -0.1) is 0 Å². The number of amides is 1. The molecule has 2 aromatic carbocycles. The highest BCUT2D eigenvalue weighted by Gasteiger charge is 2.35. The number of nitrogens with one attached hydrogen (secondary N) is 1. The van der Waals surface area contributed by atoms with E-state index in [1.54, 1.807) is 30.3 Å². The molecule has 0 bridgehead atoms. The molecule has 4 aromatic rings. The minimum absolute atomic E-state index is 0.0429. The van der Waals surface area contributed by atoms with E-state index in [2.05, 4.69) is 15.4 Å². The molecule has 33 heavy (non-hydrogen) atoms. The molecule has 1 N–H and O–H groups in total. The second kappa shape index (κ2) is 8.45. The number of carbonyl (C=O) groups is 1. The Morgan fingerprint density at radius 2 is 1.76 bits per heavy atom. The molecule has 0 radical (unpaired) electrons. The summed E-state index contributed by atoms with van der Waals surface area (Å²) >= 11 is 0. The van der Waals surface area contributed by atoms with Gasteiger partial charge in [0.2, 0.25) is 0 Å². The van der Waals surface area contributed by atoms with Crippen molar-refractivity contribution in [3.63, 3.8) is 0 Å². The molecular weight excluding hydrogens is 437 g/mol. The number of methoxy groups -OCH3 is 2. The average molecular weight is 456 g/mol. The van der Waals surface area contributed by atoms with Crippen LogP contribution in [0.2, 0.25) is 0 Å². The molecule has 0 saturated heterocycles. The van der Waals surface area contributed by atoms with Crippen molar-refractivity contribution >= 4 is 17.2 Å². The van der Waals surface area contributed by atoms with Gasteiger partial charge in [0.15, 0.2) is 28.5 Å². The third-order valence-corrected chi connectivity index (χ3v) is 4.91. The Kier molecular flexibility index (Phi) is 5.67. The highest BCUT2D eigenvalue weighted by molar-refractivity contribution is 6.03. The van der Waals surface area contributed by atoms with Crippen molar-refractivity contribution in [2.24, 2.45) is 0 Å². The van der Waals surface area contributed by atoms with Crippen molar-refractivity contribution in [2.45, 2.75) is 13.1 Å². The maximum absolute atomic E-state index is 13.8. The van der Waals surface area contributed by atoms with E-state index in [9.17, 15) is 18.0 Å². The van der Waals surface area contributed by atoms with E-state index in [-0.39, 0.29) is 17.0 Å². The van der Waals surface area contributed by atoms with E-state index in [0.717, 1.165) is 11.6 Å². The van der Waals surface area contributed by atoms with E-state index in [1.165, 1.54) is 26.4 Å². The standard InChI is InChI=1S/C23H19F3N4O3/c1-13-5-4-6-15(9-13)27-22(31)17-12-21-28-16(11-20(23(24,25)26)30(21)29-17)14-7-8-18(32-2)19(10-14)33-3/h4-12H,1-3H3,(H,27,31). The maximum Gasteiger partial charge on any atom is 0.433 e. The summed E-state index contributed by atoms with van der Waals surface area (Å²) in [6.45, 7) is 1.86. The monoisotopic (exact) mass is 456 g/mol. The van der Waals surface area contributed by atoms with Crippen LogP contribution in [0.5, 0.6) is 11.5 Å². The Labute approximate surface area is 186 Å². The number of aryl methyl sites for hydroxylation is 1. The van der Waals surface area contributed by atoms with Gasteiger partial charge in [-0.05, 0) is 48.9 Å². The smallest absolute Gasteiger partial charge is 0.433 e. The first-order valence-corrected chi connectivity index (χ1v) is 9.78. The summed E-state index contributed by atoms with van der Waals surface area (Å²) in [7, 11) is 2.88. The van der Waals surface area contributed by atoms with E-state index >= 15 is 0 Å². The minimum atomic E-state index is -4.73. The van der Waals surface area contributed by atoms with Gasteiger partial charge in [0.1, 0.15) is 0 Å². The molecule has 0 atom stereocenters. The molecule has 7 nitrogen and oxygen atoms in total. The van der Waals surface area contributed by atoms with Crippen molar-refractivity contribution in [1.82, 2.24) is 14.6 Å². The Morgan fingerprint density at radius 1 is 1.00 bits per heavy atom. The largest absolute Gasteiger partial charge is 0.493 e. The van der Waals surface area contributed by atoms with E-state index in [1.807, 2.05) is 13.0 Å². The van der Waals surface area contributed by atoms with E-state index in [0.29, 0.717) is 27.3 Å². The van der Waals surface area contributed by atoms with Gasteiger partial charge in [-0.1, -0.05) is 12.1 Å². The molecule has 10 heteroatoms. The summed E-state index contributed by atoms with van der Waals surface area (Å²) < 4.78 is 52.6. The molecule has 2 heterocycles. The predicted octanol–water partition coefficient (Wildman–Crippen LogP) is 4.99. The molecule has 0 saturated carbocycles. The summed E-state index contributed by atoms with van der Waals surface area (Å²) in [5, 5.41) is 6.51. The van der Waals surface area contributed by atoms with Crippen molar-refractivity contribution in [3.8, 4) is 22.8 Å². The van der Waals surface area contributed by atoms with Crippen LogP contribution >= 0.6 is 0 Å². The Bertz CT molecular complexity index is 1350. The molecule has 0 aliphatic rings. The number of benzene rings is 2. The molecule has 2 aromatic heterocycles. The van der Waals surface area contributed by atoms with Crippen molar-refractivity contribution < 1.29 is 27.4 Å². The van der Waals surface area contributed by atoms with Gasteiger partial charge < -0.3 is 14.8 Å². The van der Waals surface area contributed by atoms with Gasteiger partial charge in [0, 0.05) is 17.3 Å². The lowest BCUT2D eigenvalue weighted by Crippen LogP contribution is -2.15. The lowest BCUT2D eigenvalue weighted by molar-refractivity contribution is -0.142. The number of hydrogen-bond donors (Lipinski definition) is 1. The third-order valence-electron chi connectivity index (χ3n) is 4.91. The number of hydrogen-bond acceptors (Lipinski definition) is 5. The number of alkyl halides is 3. The number of carbonyl (C=O) groups excluding carboxylic acids is 1. The zero-order valence-corrected chi connectivity index (χ0v) is 17.9. The first-order chi connectivity index (χ1) is 15.7. The van der Waals surface area contributed by atoms with Gasteiger partial charge in [-0.25, -0.2) is 9.50 Å². The third kappa shape index (κ3) is 4.45. The molecule has 4 rings (SSSR count). The summed E-state index contributed by atoms with van der Waals surface area (Å²) in [6.07, 6.45) is -4.73. The first kappa shape index (κ1) is 22.1. The van der Waals surface area contributed by atoms with E-state index in [4.69, 9.17) is 9.47 Å². The maximum atomic E-state index is 13.8. The number of halogens is 3.